The van der Waals surface area contributed by atoms with Crippen molar-refractivity contribution in [2.24, 2.45) is 11.3 Å². The van der Waals surface area contributed by atoms with Crippen LogP contribution in [0.5, 0.6) is 0 Å². The molecule has 0 radical (unpaired) electrons. The second-order valence-electron chi connectivity index (χ2n) is 6.55. The molecule has 0 bridgehead atoms. The molecule has 1 saturated carbocycles. The first kappa shape index (κ1) is 14.8. The van der Waals surface area contributed by atoms with Gasteiger partial charge in [0.25, 0.3) is 0 Å². The Kier molecular flexibility index (Phi) is 4.21. The lowest BCUT2D eigenvalue weighted by molar-refractivity contribution is -0.163. The Hall–Kier alpha value is -0.610. The van der Waals surface area contributed by atoms with E-state index in [9.17, 15) is 4.79 Å². The van der Waals surface area contributed by atoms with Crippen molar-refractivity contribution in [3.63, 3.8) is 0 Å². The van der Waals surface area contributed by atoms with Gasteiger partial charge in [-0.3, -0.25) is 10.1 Å². The van der Waals surface area contributed by atoms with Gasteiger partial charge in [-0.1, -0.05) is 34.1 Å². The third-order valence-corrected chi connectivity index (χ3v) is 5.11. The number of hydrogen-bond donors (Lipinski definition) is 1. The van der Waals surface area contributed by atoms with E-state index in [0.29, 0.717) is 18.6 Å². The molecule has 4 atom stereocenters. The lowest BCUT2D eigenvalue weighted by atomic mass is 9.63. The quantitative estimate of drug-likeness (QED) is 0.829. The molecule has 0 spiro atoms. The standard InChI is InChI=1S/C15H28N2O2/c1-6-10(3)13-14(18)17(9-16-13)11-8-12(19-7-2)15(11,4)5/h10-13,16H,6-9H2,1-5H3. The summed E-state index contributed by atoms with van der Waals surface area (Å²) in [5.41, 5.74) is 0.0672. The van der Waals surface area contributed by atoms with Crippen molar-refractivity contribution < 1.29 is 9.53 Å². The number of nitrogens with zero attached hydrogens (tertiary/aromatic N) is 1. The topological polar surface area (TPSA) is 41.6 Å². The predicted molar refractivity (Wildman–Crippen MR) is 75.7 cm³/mol. The van der Waals surface area contributed by atoms with Gasteiger partial charge in [0.15, 0.2) is 0 Å². The molecule has 0 aromatic rings. The molecule has 1 N–H and O–H groups in total. The molecule has 1 amide bonds. The first-order valence-electron chi connectivity index (χ1n) is 7.58. The van der Waals surface area contributed by atoms with Gasteiger partial charge in [-0.05, 0) is 19.3 Å². The summed E-state index contributed by atoms with van der Waals surface area (Å²) in [5, 5.41) is 3.38. The maximum Gasteiger partial charge on any atom is 0.241 e. The lowest BCUT2D eigenvalue weighted by Crippen LogP contribution is -2.62. The average Bonchev–Trinajstić information content (AvgIpc) is 2.75. The van der Waals surface area contributed by atoms with Gasteiger partial charge in [0.1, 0.15) is 0 Å². The Labute approximate surface area is 116 Å². The van der Waals surface area contributed by atoms with Crippen molar-refractivity contribution in [1.29, 1.82) is 0 Å². The molecular weight excluding hydrogens is 240 g/mol. The monoisotopic (exact) mass is 268 g/mol. The van der Waals surface area contributed by atoms with Crippen LogP contribution in [-0.2, 0) is 9.53 Å². The van der Waals surface area contributed by atoms with Gasteiger partial charge in [-0.15, -0.1) is 0 Å². The van der Waals surface area contributed by atoms with Crippen molar-refractivity contribution in [2.75, 3.05) is 13.3 Å². The number of amides is 1. The largest absolute Gasteiger partial charge is 0.378 e. The maximum atomic E-state index is 12.5. The smallest absolute Gasteiger partial charge is 0.241 e. The molecule has 0 aromatic heterocycles. The maximum absolute atomic E-state index is 12.5. The summed E-state index contributed by atoms with van der Waals surface area (Å²) >= 11 is 0. The third kappa shape index (κ3) is 2.40. The van der Waals surface area contributed by atoms with E-state index in [1.807, 2.05) is 11.8 Å². The van der Waals surface area contributed by atoms with E-state index in [0.717, 1.165) is 19.4 Å². The van der Waals surface area contributed by atoms with Crippen LogP contribution in [0, 0.1) is 11.3 Å². The Balaban J connectivity index is 2.00. The number of hydrogen-bond acceptors (Lipinski definition) is 3. The summed E-state index contributed by atoms with van der Waals surface area (Å²) < 4.78 is 5.76. The third-order valence-electron chi connectivity index (χ3n) is 5.11. The highest BCUT2D eigenvalue weighted by Crippen LogP contribution is 2.46. The molecule has 1 aliphatic heterocycles. The van der Waals surface area contributed by atoms with E-state index in [-0.39, 0.29) is 23.5 Å². The number of nitrogens with one attached hydrogen (secondary N) is 1. The summed E-state index contributed by atoms with van der Waals surface area (Å²) in [6, 6.07) is 0.324. The normalized spacial score (nSPS) is 35.3. The van der Waals surface area contributed by atoms with Crippen LogP contribution in [0.4, 0.5) is 0 Å². The SMILES string of the molecule is CCOC1CC(N2CNC(C(C)CC)C2=O)C1(C)C. The summed E-state index contributed by atoms with van der Waals surface area (Å²) in [7, 11) is 0. The summed E-state index contributed by atoms with van der Waals surface area (Å²) in [6.07, 6.45) is 2.30. The predicted octanol–water partition coefficient (Wildman–Crippen LogP) is 1.99. The van der Waals surface area contributed by atoms with E-state index < -0.39 is 0 Å². The van der Waals surface area contributed by atoms with Crippen LogP contribution in [0.25, 0.3) is 0 Å². The summed E-state index contributed by atoms with van der Waals surface area (Å²) in [6.45, 7) is 12.2. The number of carbonyl (C=O) groups is 1. The fraction of sp³-hybridized carbons (Fsp3) is 0.933. The molecule has 0 aromatic carbocycles. The molecule has 4 unspecified atom stereocenters. The molecule has 4 nitrogen and oxygen atoms in total. The van der Waals surface area contributed by atoms with Gasteiger partial charge < -0.3 is 9.64 Å². The zero-order chi connectivity index (χ0) is 14.2. The van der Waals surface area contributed by atoms with Crippen LogP contribution in [0.1, 0.15) is 47.5 Å². The first-order chi connectivity index (χ1) is 8.93. The Morgan fingerprint density at radius 3 is 2.68 bits per heavy atom. The minimum absolute atomic E-state index is 0.00643. The van der Waals surface area contributed by atoms with E-state index in [4.69, 9.17) is 4.74 Å². The fourth-order valence-corrected chi connectivity index (χ4v) is 3.36. The Morgan fingerprint density at radius 2 is 2.16 bits per heavy atom. The van der Waals surface area contributed by atoms with Crippen molar-refractivity contribution in [3.8, 4) is 0 Å². The van der Waals surface area contributed by atoms with Gasteiger partial charge in [0.2, 0.25) is 5.91 Å². The fourth-order valence-electron chi connectivity index (χ4n) is 3.36. The number of rotatable bonds is 5. The van der Waals surface area contributed by atoms with Crippen molar-refractivity contribution >= 4 is 5.91 Å². The molecule has 1 aliphatic carbocycles. The second-order valence-corrected chi connectivity index (χ2v) is 6.55. The molecule has 2 rings (SSSR count). The second kappa shape index (κ2) is 5.41. The van der Waals surface area contributed by atoms with E-state index in [1.54, 1.807) is 0 Å². The molecule has 2 aliphatic rings. The number of carbonyl (C=O) groups excluding carboxylic acids is 1. The van der Waals surface area contributed by atoms with Crippen LogP contribution < -0.4 is 5.32 Å². The molecule has 2 fully saturated rings. The molecule has 110 valence electrons. The zero-order valence-electron chi connectivity index (χ0n) is 12.9. The highest BCUT2D eigenvalue weighted by Gasteiger charge is 2.54. The highest BCUT2D eigenvalue weighted by atomic mass is 16.5. The Bertz CT molecular complexity index is 343. The molecular formula is C15H28N2O2. The van der Waals surface area contributed by atoms with Gasteiger partial charge in [-0.2, -0.15) is 0 Å². The van der Waals surface area contributed by atoms with Gasteiger partial charge in [-0.25, -0.2) is 0 Å². The minimum atomic E-state index is 0.00643. The molecule has 19 heavy (non-hydrogen) atoms. The van der Waals surface area contributed by atoms with Crippen LogP contribution in [0.2, 0.25) is 0 Å². The van der Waals surface area contributed by atoms with Crippen LogP contribution >= 0.6 is 0 Å². The summed E-state index contributed by atoms with van der Waals surface area (Å²) in [4.78, 5) is 14.5. The zero-order valence-corrected chi connectivity index (χ0v) is 12.9. The Morgan fingerprint density at radius 1 is 1.47 bits per heavy atom. The van der Waals surface area contributed by atoms with Crippen LogP contribution in [0.15, 0.2) is 0 Å². The average molecular weight is 268 g/mol. The number of ether oxygens (including phenoxy) is 1. The minimum Gasteiger partial charge on any atom is -0.378 e. The lowest BCUT2D eigenvalue weighted by Gasteiger charge is -2.54. The van der Waals surface area contributed by atoms with E-state index in [2.05, 4.69) is 33.0 Å². The van der Waals surface area contributed by atoms with Crippen molar-refractivity contribution in [1.82, 2.24) is 10.2 Å². The van der Waals surface area contributed by atoms with Crippen LogP contribution in [-0.4, -0.2) is 42.3 Å². The molecule has 1 saturated heterocycles. The van der Waals surface area contributed by atoms with Crippen LogP contribution in [0.3, 0.4) is 0 Å². The molecule has 1 heterocycles. The van der Waals surface area contributed by atoms with E-state index in [1.165, 1.54) is 0 Å². The summed E-state index contributed by atoms with van der Waals surface area (Å²) in [5.74, 6) is 0.686. The molecule has 4 heteroatoms. The highest BCUT2D eigenvalue weighted by molar-refractivity contribution is 5.84. The van der Waals surface area contributed by atoms with Gasteiger partial charge >= 0.3 is 0 Å². The first-order valence-corrected chi connectivity index (χ1v) is 7.58. The van der Waals surface area contributed by atoms with Crippen molar-refractivity contribution in [2.45, 2.75) is 65.6 Å². The van der Waals surface area contributed by atoms with Gasteiger partial charge in [0.05, 0.1) is 18.8 Å². The van der Waals surface area contributed by atoms with Crippen molar-refractivity contribution in [3.05, 3.63) is 0 Å². The van der Waals surface area contributed by atoms with E-state index >= 15 is 0 Å². The van der Waals surface area contributed by atoms with Gasteiger partial charge in [0, 0.05) is 18.1 Å².